The van der Waals surface area contributed by atoms with Crippen molar-refractivity contribution in [3.8, 4) is 11.3 Å². The number of carbonyl (C=O) groups excluding carboxylic acids is 2. The Bertz CT molecular complexity index is 1010. The minimum absolute atomic E-state index is 0.0810. The molecule has 2 fully saturated rings. The summed E-state index contributed by atoms with van der Waals surface area (Å²) in [6.07, 6.45) is 7.92. The van der Waals surface area contributed by atoms with Crippen molar-refractivity contribution in [1.82, 2.24) is 20.1 Å². The lowest BCUT2D eigenvalue weighted by atomic mass is 9.77. The lowest BCUT2D eigenvalue weighted by molar-refractivity contribution is -0.133. The van der Waals surface area contributed by atoms with Gasteiger partial charge in [-0.15, -0.1) is 0 Å². The number of hydrogen-bond acceptors (Lipinski definition) is 4. The molecule has 1 aromatic carbocycles. The van der Waals surface area contributed by atoms with Crippen LogP contribution in [0.15, 0.2) is 48.7 Å². The second kappa shape index (κ2) is 11.3. The molecule has 1 aliphatic carbocycles. The molecule has 1 N–H and O–H groups in total. The van der Waals surface area contributed by atoms with Crippen LogP contribution in [0.3, 0.4) is 0 Å². The second-order valence-electron chi connectivity index (χ2n) is 10.5. The number of hydrogen-bond donors (Lipinski definition) is 1. The summed E-state index contributed by atoms with van der Waals surface area (Å²) in [6.45, 7) is 7.47. The van der Waals surface area contributed by atoms with Gasteiger partial charge in [-0.3, -0.25) is 14.6 Å². The van der Waals surface area contributed by atoms with E-state index >= 15 is 0 Å². The Labute approximate surface area is 210 Å². The Hall–Kier alpha value is -2.73. The van der Waals surface area contributed by atoms with Gasteiger partial charge in [0.25, 0.3) is 5.91 Å². The molecule has 1 aromatic heterocycles. The molecular weight excluding hydrogens is 436 g/mol. The number of nitrogens with zero attached hydrogens (tertiary/aromatic N) is 3. The Morgan fingerprint density at radius 1 is 1.17 bits per heavy atom. The summed E-state index contributed by atoms with van der Waals surface area (Å²) in [5, 5.41) is 3.02. The molecule has 2 aliphatic rings. The first-order valence-corrected chi connectivity index (χ1v) is 13.2. The zero-order valence-corrected chi connectivity index (χ0v) is 21.6. The van der Waals surface area contributed by atoms with Crippen LogP contribution in [0.2, 0.25) is 0 Å². The fourth-order valence-corrected chi connectivity index (χ4v) is 5.85. The van der Waals surface area contributed by atoms with Crippen LogP contribution < -0.4 is 5.32 Å². The molecule has 0 unspecified atom stereocenters. The average molecular weight is 477 g/mol. The molecule has 1 saturated heterocycles. The molecule has 2 heterocycles. The van der Waals surface area contributed by atoms with E-state index in [1.54, 1.807) is 18.3 Å². The lowest BCUT2D eigenvalue weighted by Crippen LogP contribution is -2.51. The number of likely N-dealkylation sites (tertiary alicyclic amines) is 1. The third kappa shape index (κ3) is 5.75. The highest BCUT2D eigenvalue weighted by atomic mass is 16.2. The van der Waals surface area contributed by atoms with Crippen LogP contribution in [0.25, 0.3) is 11.3 Å². The highest BCUT2D eigenvalue weighted by Gasteiger charge is 2.42. The van der Waals surface area contributed by atoms with Crippen LogP contribution in [0.5, 0.6) is 0 Å². The number of pyridine rings is 1. The predicted octanol–water partition coefficient (Wildman–Crippen LogP) is 4.76. The highest BCUT2D eigenvalue weighted by Crippen LogP contribution is 2.36. The highest BCUT2D eigenvalue weighted by molar-refractivity contribution is 5.98. The summed E-state index contributed by atoms with van der Waals surface area (Å²) in [4.78, 5) is 35.5. The molecule has 188 valence electrons. The smallest absolute Gasteiger partial charge is 0.252 e. The first kappa shape index (κ1) is 25.4. The van der Waals surface area contributed by atoms with Gasteiger partial charge in [-0.05, 0) is 71.0 Å². The van der Waals surface area contributed by atoms with Crippen molar-refractivity contribution in [3.05, 3.63) is 54.2 Å². The number of rotatable bonds is 8. The van der Waals surface area contributed by atoms with Gasteiger partial charge in [0, 0.05) is 42.0 Å². The molecule has 4 rings (SSSR count). The Morgan fingerprint density at radius 3 is 2.66 bits per heavy atom. The number of aromatic nitrogens is 1. The van der Waals surface area contributed by atoms with Crippen LogP contribution in [-0.4, -0.2) is 64.4 Å². The zero-order valence-electron chi connectivity index (χ0n) is 21.6. The fourth-order valence-electron chi connectivity index (χ4n) is 5.85. The minimum Gasteiger partial charge on any atom is -0.340 e. The number of benzene rings is 1. The van der Waals surface area contributed by atoms with Gasteiger partial charge < -0.3 is 15.1 Å². The van der Waals surface area contributed by atoms with Crippen molar-refractivity contribution in [3.63, 3.8) is 0 Å². The van der Waals surface area contributed by atoms with Crippen LogP contribution in [0.1, 0.15) is 69.7 Å². The van der Waals surface area contributed by atoms with E-state index in [4.69, 9.17) is 0 Å². The third-order valence-corrected chi connectivity index (χ3v) is 8.00. The zero-order chi connectivity index (χ0) is 24.9. The number of nitrogens with one attached hydrogen (secondary N) is 1. The Balaban J connectivity index is 1.41. The van der Waals surface area contributed by atoms with E-state index in [9.17, 15) is 9.59 Å². The molecule has 6 heteroatoms. The summed E-state index contributed by atoms with van der Waals surface area (Å²) < 4.78 is 0. The third-order valence-electron chi connectivity index (χ3n) is 8.00. The molecular formula is C29H40N4O2. The van der Waals surface area contributed by atoms with Crippen molar-refractivity contribution >= 4 is 11.8 Å². The summed E-state index contributed by atoms with van der Waals surface area (Å²) >= 11 is 0. The summed E-state index contributed by atoms with van der Waals surface area (Å²) in [7, 11) is 2.23. The van der Waals surface area contributed by atoms with E-state index in [2.05, 4.69) is 47.9 Å². The summed E-state index contributed by atoms with van der Waals surface area (Å²) in [5.41, 5.74) is 2.25. The largest absolute Gasteiger partial charge is 0.340 e. The molecule has 2 aromatic rings. The van der Waals surface area contributed by atoms with Crippen LogP contribution >= 0.6 is 0 Å². The molecule has 1 saturated carbocycles. The summed E-state index contributed by atoms with van der Waals surface area (Å²) in [6, 6.07) is 14.3. The normalized spacial score (nSPS) is 24.9. The van der Waals surface area contributed by atoms with Gasteiger partial charge in [-0.25, -0.2) is 0 Å². The van der Waals surface area contributed by atoms with Crippen molar-refractivity contribution < 1.29 is 9.59 Å². The van der Waals surface area contributed by atoms with Crippen LogP contribution in [-0.2, 0) is 4.79 Å². The topological polar surface area (TPSA) is 65.5 Å². The van der Waals surface area contributed by atoms with E-state index in [1.165, 1.54) is 0 Å². The van der Waals surface area contributed by atoms with Crippen LogP contribution in [0, 0.1) is 5.92 Å². The Kier molecular flexibility index (Phi) is 8.22. The van der Waals surface area contributed by atoms with Gasteiger partial charge >= 0.3 is 0 Å². The number of amides is 2. The quantitative estimate of drug-likeness (QED) is 0.597. The van der Waals surface area contributed by atoms with Crippen molar-refractivity contribution in [2.45, 2.75) is 83.5 Å². The SMILES string of the molecule is CCC[C@@H]1C[C@H](N(C)C(C)C)CC[C@@H]1N1CC[C@H](NC(=O)c2ccnc(-c3ccccc3)c2)C1=O. The van der Waals surface area contributed by atoms with Crippen LogP contribution in [0.4, 0.5) is 0 Å². The first-order chi connectivity index (χ1) is 16.9. The van der Waals surface area contributed by atoms with Gasteiger partial charge in [0.1, 0.15) is 6.04 Å². The maximum atomic E-state index is 13.4. The average Bonchev–Trinajstić information content (AvgIpc) is 3.23. The van der Waals surface area contributed by atoms with Gasteiger partial charge in [-0.2, -0.15) is 0 Å². The standard InChI is InChI=1S/C29H40N4O2/c1-5-9-22-18-24(32(4)20(2)3)12-13-27(22)33-17-15-25(29(33)35)31-28(34)23-14-16-30-26(19-23)21-10-7-6-8-11-21/h6-8,10-11,14,16,19-20,22,24-25,27H,5,9,12-13,15,17-18H2,1-4H3,(H,31,34)/t22-,24-,25+,27+/m1/s1. The van der Waals surface area contributed by atoms with E-state index in [1.807, 2.05) is 30.3 Å². The molecule has 6 nitrogen and oxygen atoms in total. The van der Waals surface area contributed by atoms with E-state index in [0.717, 1.165) is 49.9 Å². The van der Waals surface area contributed by atoms with Crippen molar-refractivity contribution in [2.75, 3.05) is 13.6 Å². The molecule has 35 heavy (non-hydrogen) atoms. The predicted molar refractivity (Wildman–Crippen MR) is 140 cm³/mol. The van der Waals surface area contributed by atoms with Gasteiger partial charge in [0.15, 0.2) is 0 Å². The maximum absolute atomic E-state index is 13.4. The first-order valence-electron chi connectivity index (χ1n) is 13.2. The van der Waals surface area contributed by atoms with Crippen molar-refractivity contribution in [2.24, 2.45) is 5.92 Å². The van der Waals surface area contributed by atoms with E-state index < -0.39 is 6.04 Å². The molecule has 0 bridgehead atoms. The number of carbonyl (C=O) groups is 2. The van der Waals surface area contributed by atoms with Gasteiger partial charge in [0.05, 0.1) is 5.69 Å². The van der Waals surface area contributed by atoms with E-state index in [-0.39, 0.29) is 17.9 Å². The van der Waals surface area contributed by atoms with Crippen molar-refractivity contribution in [1.29, 1.82) is 0 Å². The molecule has 0 spiro atoms. The van der Waals surface area contributed by atoms with E-state index in [0.29, 0.717) is 30.0 Å². The molecule has 1 aliphatic heterocycles. The minimum atomic E-state index is -0.450. The molecule has 2 amide bonds. The fraction of sp³-hybridized carbons (Fsp3) is 0.552. The second-order valence-corrected chi connectivity index (χ2v) is 10.5. The monoisotopic (exact) mass is 476 g/mol. The molecule has 0 radical (unpaired) electrons. The van der Waals surface area contributed by atoms with Gasteiger partial charge in [0.2, 0.25) is 5.91 Å². The maximum Gasteiger partial charge on any atom is 0.252 e. The van der Waals surface area contributed by atoms with Gasteiger partial charge in [-0.1, -0.05) is 43.7 Å². The lowest BCUT2D eigenvalue weighted by Gasteiger charge is -2.44. The molecule has 4 atom stereocenters. The Morgan fingerprint density at radius 2 is 1.94 bits per heavy atom. The summed E-state index contributed by atoms with van der Waals surface area (Å²) in [5.74, 6) is 0.390.